The second kappa shape index (κ2) is 4.87. The van der Waals surface area contributed by atoms with E-state index >= 15 is 0 Å². The van der Waals surface area contributed by atoms with Crippen molar-refractivity contribution in [1.29, 1.82) is 0 Å². The van der Waals surface area contributed by atoms with Crippen molar-refractivity contribution in [1.82, 2.24) is 10.2 Å². The average Bonchev–Trinajstić information content (AvgIpc) is 2.15. The smallest absolute Gasteiger partial charge is 0.410 e. The SMILES string of the molecule is C=C(C)[C@@H]1CN(C(=O)OC(C)(C)C)CCN1. The van der Waals surface area contributed by atoms with Gasteiger partial charge in [0.25, 0.3) is 0 Å². The average molecular weight is 226 g/mol. The van der Waals surface area contributed by atoms with Crippen molar-refractivity contribution in [2.75, 3.05) is 19.6 Å². The molecule has 1 atom stereocenters. The molecular weight excluding hydrogens is 204 g/mol. The number of rotatable bonds is 1. The molecule has 1 amide bonds. The van der Waals surface area contributed by atoms with E-state index in [1.165, 1.54) is 0 Å². The Labute approximate surface area is 97.6 Å². The molecule has 16 heavy (non-hydrogen) atoms. The van der Waals surface area contributed by atoms with E-state index in [1.807, 2.05) is 27.7 Å². The molecule has 1 rings (SSSR count). The standard InChI is InChI=1S/C12H22N2O2/c1-9(2)10-8-14(7-6-13-10)11(15)16-12(3,4)5/h10,13H,1,6-8H2,2-5H3/t10-/m0/s1. The molecule has 1 fully saturated rings. The van der Waals surface area contributed by atoms with Crippen LogP contribution in [0, 0.1) is 0 Å². The van der Waals surface area contributed by atoms with E-state index in [9.17, 15) is 4.79 Å². The van der Waals surface area contributed by atoms with Crippen LogP contribution in [-0.4, -0.2) is 42.3 Å². The Balaban J connectivity index is 2.54. The number of nitrogens with zero attached hydrogens (tertiary/aromatic N) is 1. The minimum atomic E-state index is -0.430. The van der Waals surface area contributed by atoms with Gasteiger partial charge in [-0.15, -0.1) is 0 Å². The Morgan fingerprint density at radius 2 is 2.12 bits per heavy atom. The van der Waals surface area contributed by atoms with Crippen molar-refractivity contribution in [2.24, 2.45) is 0 Å². The first-order chi connectivity index (χ1) is 7.29. The first-order valence-electron chi connectivity index (χ1n) is 5.66. The van der Waals surface area contributed by atoms with Gasteiger partial charge in [0.05, 0.1) is 0 Å². The zero-order valence-corrected chi connectivity index (χ0v) is 10.7. The van der Waals surface area contributed by atoms with E-state index in [1.54, 1.807) is 4.90 Å². The lowest BCUT2D eigenvalue weighted by molar-refractivity contribution is 0.0207. The molecule has 0 aromatic heterocycles. The van der Waals surface area contributed by atoms with Crippen molar-refractivity contribution >= 4 is 6.09 Å². The van der Waals surface area contributed by atoms with Gasteiger partial charge in [-0.3, -0.25) is 0 Å². The number of carbonyl (C=O) groups is 1. The zero-order chi connectivity index (χ0) is 12.3. The number of piperazine rings is 1. The number of hydrogen-bond donors (Lipinski definition) is 1. The fourth-order valence-corrected chi connectivity index (χ4v) is 1.57. The maximum atomic E-state index is 11.8. The molecule has 0 aliphatic carbocycles. The summed E-state index contributed by atoms with van der Waals surface area (Å²) in [4.78, 5) is 13.6. The third kappa shape index (κ3) is 3.85. The summed E-state index contributed by atoms with van der Waals surface area (Å²) in [6.45, 7) is 13.6. The first-order valence-corrected chi connectivity index (χ1v) is 5.66. The molecule has 0 saturated carbocycles. The molecule has 0 aromatic carbocycles. The van der Waals surface area contributed by atoms with Gasteiger partial charge in [-0.2, -0.15) is 0 Å². The summed E-state index contributed by atoms with van der Waals surface area (Å²) in [6.07, 6.45) is -0.236. The molecule has 0 unspecified atom stereocenters. The molecular formula is C12H22N2O2. The van der Waals surface area contributed by atoms with Crippen molar-refractivity contribution in [3.63, 3.8) is 0 Å². The van der Waals surface area contributed by atoms with Gasteiger partial charge in [0.1, 0.15) is 5.60 Å². The zero-order valence-electron chi connectivity index (χ0n) is 10.7. The van der Waals surface area contributed by atoms with Crippen LogP contribution in [0.5, 0.6) is 0 Å². The van der Waals surface area contributed by atoms with Crippen LogP contribution in [0.2, 0.25) is 0 Å². The highest BCUT2D eigenvalue weighted by Gasteiger charge is 2.27. The number of amides is 1. The molecule has 1 heterocycles. The van der Waals surface area contributed by atoms with E-state index in [2.05, 4.69) is 11.9 Å². The van der Waals surface area contributed by atoms with Gasteiger partial charge in [0, 0.05) is 25.7 Å². The molecule has 1 saturated heterocycles. The number of nitrogens with one attached hydrogen (secondary N) is 1. The second-order valence-corrected chi connectivity index (χ2v) is 5.28. The lowest BCUT2D eigenvalue weighted by atomic mass is 10.1. The lowest BCUT2D eigenvalue weighted by Crippen LogP contribution is -2.53. The minimum Gasteiger partial charge on any atom is -0.444 e. The van der Waals surface area contributed by atoms with Crippen LogP contribution in [0.3, 0.4) is 0 Å². The van der Waals surface area contributed by atoms with E-state index in [0.29, 0.717) is 13.1 Å². The summed E-state index contributed by atoms with van der Waals surface area (Å²) in [5.41, 5.74) is 0.619. The molecule has 0 aromatic rings. The highest BCUT2D eigenvalue weighted by Crippen LogP contribution is 2.13. The monoisotopic (exact) mass is 226 g/mol. The third-order valence-corrected chi connectivity index (χ3v) is 2.42. The topological polar surface area (TPSA) is 41.6 Å². The predicted molar refractivity (Wildman–Crippen MR) is 64.4 cm³/mol. The molecule has 4 heteroatoms. The van der Waals surface area contributed by atoms with Gasteiger partial charge in [0.15, 0.2) is 0 Å². The third-order valence-electron chi connectivity index (χ3n) is 2.42. The Bertz CT molecular complexity index is 281. The predicted octanol–water partition coefficient (Wildman–Crippen LogP) is 1.77. The largest absolute Gasteiger partial charge is 0.444 e. The van der Waals surface area contributed by atoms with Crippen LogP contribution in [0.4, 0.5) is 4.79 Å². The number of carbonyl (C=O) groups excluding carboxylic acids is 1. The van der Waals surface area contributed by atoms with Crippen LogP contribution in [0.15, 0.2) is 12.2 Å². The van der Waals surface area contributed by atoms with Crippen LogP contribution >= 0.6 is 0 Å². The molecule has 1 N–H and O–H groups in total. The highest BCUT2D eigenvalue weighted by atomic mass is 16.6. The summed E-state index contributed by atoms with van der Waals surface area (Å²) >= 11 is 0. The summed E-state index contributed by atoms with van der Waals surface area (Å²) in [6, 6.07) is 0.182. The maximum absolute atomic E-state index is 11.8. The van der Waals surface area contributed by atoms with Crippen molar-refractivity contribution in [2.45, 2.75) is 39.3 Å². The van der Waals surface area contributed by atoms with E-state index in [-0.39, 0.29) is 12.1 Å². The number of ether oxygens (including phenoxy) is 1. The van der Waals surface area contributed by atoms with Gasteiger partial charge in [-0.1, -0.05) is 12.2 Å². The van der Waals surface area contributed by atoms with Crippen LogP contribution in [-0.2, 0) is 4.74 Å². The van der Waals surface area contributed by atoms with Crippen LogP contribution in [0.1, 0.15) is 27.7 Å². The second-order valence-electron chi connectivity index (χ2n) is 5.28. The van der Waals surface area contributed by atoms with Gasteiger partial charge in [0.2, 0.25) is 0 Å². The van der Waals surface area contributed by atoms with E-state index in [0.717, 1.165) is 12.1 Å². The molecule has 0 spiro atoms. The quantitative estimate of drug-likeness (QED) is 0.693. The Morgan fingerprint density at radius 3 is 2.62 bits per heavy atom. The Morgan fingerprint density at radius 1 is 1.50 bits per heavy atom. The maximum Gasteiger partial charge on any atom is 0.410 e. The lowest BCUT2D eigenvalue weighted by Gasteiger charge is -2.35. The van der Waals surface area contributed by atoms with Crippen molar-refractivity contribution < 1.29 is 9.53 Å². The van der Waals surface area contributed by atoms with Crippen LogP contribution < -0.4 is 5.32 Å². The highest BCUT2D eigenvalue weighted by molar-refractivity contribution is 5.68. The molecule has 92 valence electrons. The van der Waals surface area contributed by atoms with Crippen molar-refractivity contribution in [3.05, 3.63) is 12.2 Å². The van der Waals surface area contributed by atoms with E-state index in [4.69, 9.17) is 4.74 Å². The summed E-state index contributed by atoms with van der Waals surface area (Å²) in [5.74, 6) is 0. The fraction of sp³-hybridized carbons (Fsp3) is 0.750. The van der Waals surface area contributed by atoms with E-state index < -0.39 is 5.60 Å². The van der Waals surface area contributed by atoms with Gasteiger partial charge in [-0.25, -0.2) is 4.79 Å². The summed E-state index contributed by atoms with van der Waals surface area (Å²) in [7, 11) is 0. The summed E-state index contributed by atoms with van der Waals surface area (Å²) in [5, 5.41) is 3.32. The Hall–Kier alpha value is -1.03. The molecule has 1 aliphatic heterocycles. The normalized spacial score (nSPS) is 21.8. The van der Waals surface area contributed by atoms with Crippen molar-refractivity contribution in [3.8, 4) is 0 Å². The molecule has 0 bridgehead atoms. The van der Waals surface area contributed by atoms with Crippen LogP contribution in [0.25, 0.3) is 0 Å². The fourth-order valence-electron chi connectivity index (χ4n) is 1.57. The summed E-state index contributed by atoms with van der Waals surface area (Å²) < 4.78 is 5.33. The minimum absolute atomic E-state index is 0.182. The number of hydrogen-bond acceptors (Lipinski definition) is 3. The van der Waals surface area contributed by atoms with Gasteiger partial charge >= 0.3 is 6.09 Å². The molecule has 1 aliphatic rings. The van der Waals surface area contributed by atoms with Gasteiger partial charge < -0.3 is 15.0 Å². The molecule has 4 nitrogen and oxygen atoms in total. The Kier molecular flexibility index (Phi) is 3.97. The van der Waals surface area contributed by atoms with Gasteiger partial charge in [-0.05, 0) is 27.7 Å². The first kappa shape index (κ1) is 13.0. The molecule has 0 radical (unpaired) electrons.